The molecule has 0 saturated carbocycles. The maximum Gasteiger partial charge on any atom is 0.348 e. The van der Waals surface area contributed by atoms with E-state index in [1.165, 1.54) is 11.3 Å². The fourth-order valence-corrected chi connectivity index (χ4v) is 4.13. The van der Waals surface area contributed by atoms with Crippen molar-refractivity contribution in [1.29, 1.82) is 0 Å². The van der Waals surface area contributed by atoms with Gasteiger partial charge in [0.05, 0.1) is 18.2 Å². The van der Waals surface area contributed by atoms with Crippen LogP contribution in [-0.4, -0.2) is 37.4 Å². The molecule has 0 spiro atoms. The molecule has 7 heteroatoms. The number of carbonyl (C=O) groups is 1. The maximum absolute atomic E-state index is 12.6. The van der Waals surface area contributed by atoms with Crippen molar-refractivity contribution < 1.29 is 18.8 Å². The average Bonchev–Trinajstić information content (AvgIpc) is 3.34. The van der Waals surface area contributed by atoms with E-state index in [2.05, 4.69) is 22.2 Å². The highest BCUT2D eigenvalue weighted by molar-refractivity contribution is 7.18. The summed E-state index contributed by atoms with van der Waals surface area (Å²) >= 11 is 1.46. The first kappa shape index (κ1) is 17.8. The van der Waals surface area contributed by atoms with E-state index in [0.717, 1.165) is 29.2 Å². The maximum atomic E-state index is 12.6. The number of morpholine rings is 1. The van der Waals surface area contributed by atoms with Crippen molar-refractivity contribution in [2.75, 3.05) is 31.2 Å². The molecule has 1 fully saturated rings. The average molecular weight is 384 g/mol. The number of esters is 1. The van der Waals surface area contributed by atoms with Gasteiger partial charge in [0, 0.05) is 24.7 Å². The quantitative estimate of drug-likeness (QED) is 0.622. The summed E-state index contributed by atoms with van der Waals surface area (Å²) in [5, 5.41) is 4.93. The van der Waals surface area contributed by atoms with Crippen LogP contribution in [0.5, 0.6) is 0 Å². The van der Waals surface area contributed by atoms with E-state index < -0.39 is 0 Å². The van der Waals surface area contributed by atoms with E-state index in [-0.39, 0.29) is 12.6 Å². The molecule has 3 heterocycles. The van der Waals surface area contributed by atoms with E-state index in [9.17, 15) is 4.79 Å². The number of rotatable bonds is 5. The van der Waals surface area contributed by atoms with Gasteiger partial charge in [0.15, 0.2) is 0 Å². The van der Waals surface area contributed by atoms with Crippen molar-refractivity contribution in [3.63, 3.8) is 0 Å². The summed E-state index contributed by atoms with van der Waals surface area (Å²) in [6.45, 7) is 4.91. The van der Waals surface area contributed by atoms with Crippen molar-refractivity contribution in [3.8, 4) is 11.1 Å². The molecule has 27 heavy (non-hydrogen) atoms. The predicted molar refractivity (Wildman–Crippen MR) is 103 cm³/mol. The lowest BCUT2D eigenvalue weighted by Crippen LogP contribution is -2.35. The van der Waals surface area contributed by atoms with Crippen molar-refractivity contribution in [3.05, 3.63) is 58.8 Å². The van der Waals surface area contributed by atoms with Gasteiger partial charge in [-0.15, -0.1) is 11.3 Å². The number of nitrogens with zero attached hydrogens (tertiary/aromatic N) is 2. The summed E-state index contributed by atoms with van der Waals surface area (Å²) < 4.78 is 15.9. The minimum atomic E-state index is -0.350. The molecular formula is C20H20N2O4S. The Kier molecular flexibility index (Phi) is 5.22. The number of aromatic nitrogens is 1. The molecule has 0 amide bonds. The third-order valence-corrected chi connectivity index (χ3v) is 5.50. The summed E-state index contributed by atoms with van der Waals surface area (Å²) in [5.74, 6) is 0.343. The molecule has 1 saturated heterocycles. The molecule has 140 valence electrons. The zero-order valence-electron chi connectivity index (χ0n) is 15.0. The topological polar surface area (TPSA) is 64.8 Å². The fourth-order valence-electron chi connectivity index (χ4n) is 3.00. The largest absolute Gasteiger partial charge is 0.455 e. The number of hydrogen-bond donors (Lipinski definition) is 0. The minimum absolute atomic E-state index is 0.0988. The standard InChI is InChI=1S/C20H20N2O4S/c1-14-11-16(21-26-14)13-25-20(23)18-12-17(15-5-3-2-4-6-15)19(27-18)22-7-9-24-10-8-22/h2-6,11-12H,7-10,13H2,1H3. The van der Waals surface area contributed by atoms with Crippen LogP contribution < -0.4 is 4.90 Å². The Morgan fingerprint density at radius 2 is 2.00 bits per heavy atom. The third kappa shape index (κ3) is 4.04. The smallest absolute Gasteiger partial charge is 0.348 e. The van der Waals surface area contributed by atoms with Gasteiger partial charge in [0.2, 0.25) is 0 Å². The molecule has 1 aliphatic rings. The van der Waals surface area contributed by atoms with Gasteiger partial charge < -0.3 is 18.9 Å². The number of hydrogen-bond acceptors (Lipinski definition) is 7. The van der Waals surface area contributed by atoms with E-state index >= 15 is 0 Å². The molecule has 0 unspecified atom stereocenters. The second-order valence-electron chi connectivity index (χ2n) is 6.30. The van der Waals surface area contributed by atoms with Crippen LogP contribution in [0.1, 0.15) is 21.1 Å². The Morgan fingerprint density at radius 1 is 1.22 bits per heavy atom. The highest BCUT2D eigenvalue weighted by Gasteiger charge is 2.22. The Labute approximate surface area is 161 Å². The van der Waals surface area contributed by atoms with Gasteiger partial charge in [0.25, 0.3) is 0 Å². The molecule has 0 N–H and O–H groups in total. The van der Waals surface area contributed by atoms with Crippen LogP contribution in [0.3, 0.4) is 0 Å². The second-order valence-corrected chi connectivity index (χ2v) is 7.33. The van der Waals surface area contributed by atoms with Gasteiger partial charge in [-0.3, -0.25) is 0 Å². The lowest BCUT2D eigenvalue weighted by Gasteiger charge is -2.28. The van der Waals surface area contributed by atoms with Crippen LogP contribution in [0.4, 0.5) is 5.00 Å². The monoisotopic (exact) mass is 384 g/mol. The van der Waals surface area contributed by atoms with E-state index in [4.69, 9.17) is 14.0 Å². The van der Waals surface area contributed by atoms with Crippen LogP contribution in [0.25, 0.3) is 11.1 Å². The van der Waals surface area contributed by atoms with Crippen LogP contribution >= 0.6 is 11.3 Å². The summed E-state index contributed by atoms with van der Waals surface area (Å²) in [5.41, 5.74) is 2.74. The van der Waals surface area contributed by atoms with Gasteiger partial charge in [-0.25, -0.2) is 4.79 Å². The number of thiophene rings is 1. The lowest BCUT2D eigenvalue weighted by atomic mass is 10.1. The molecule has 0 bridgehead atoms. The Morgan fingerprint density at radius 3 is 2.70 bits per heavy atom. The summed E-state index contributed by atoms with van der Waals surface area (Å²) in [4.78, 5) is 15.4. The molecule has 0 radical (unpaired) electrons. The first-order valence-corrected chi connectivity index (χ1v) is 9.63. The number of anilines is 1. The first-order chi connectivity index (χ1) is 13.2. The van der Waals surface area contributed by atoms with Gasteiger partial charge in [-0.05, 0) is 18.6 Å². The van der Waals surface area contributed by atoms with Crippen molar-refractivity contribution in [1.82, 2.24) is 5.16 Å². The lowest BCUT2D eigenvalue weighted by molar-refractivity contribution is 0.0470. The Balaban J connectivity index is 1.59. The first-order valence-electron chi connectivity index (χ1n) is 8.82. The van der Waals surface area contributed by atoms with Gasteiger partial charge in [-0.2, -0.15) is 0 Å². The van der Waals surface area contributed by atoms with Crippen molar-refractivity contribution in [2.45, 2.75) is 13.5 Å². The molecule has 3 aromatic rings. The van der Waals surface area contributed by atoms with Crippen LogP contribution in [-0.2, 0) is 16.1 Å². The van der Waals surface area contributed by atoms with E-state index in [1.54, 1.807) is 13.0 Å². The molecule has 0 atom stereocenters. The summed E-state index contributed by atoms with van der Waals surface area (Å²) in [7, 11) is 0. The molecular weight excluding hydrogens is 364 g/mol. The van der Waals surface area contributed by atoms with Crippen LogP contribution in [0, 0.1) is 6.92 Å². The third-order valence-electron chi connectivity index (χ3n) is 4.32. The second kappa shape index (κ2) is 7.94. The van der Waals surface area contributed by atoms with E-state index in [0.29, 0.717) is 29.5 Å². The van der Waals surface area contributed by atoms with E-state index in [1.807, 2.05) is 24.3 Å². The number of benzene rings is 1. The Bertz CT molecular complexity index is 913. The molecule has 0 aliphatic carbocycles. The number of carbonyl (C=O) groups excluding carboxylic acids is 1. The molecule has 4 rings (SSSR count). The number of ether oxygens (including phenoxy) is 2. The highest BCUT2D eigenvalue weighted by Crippen LogP contribution is 2.39. The zero-order chi connectivity index (χ0) is 18.6. The predicted octanol–water partition coefficient (Wildman–Crippen LogP) is 3.91. The van der Waals surface area contributed by atoms with Crippen LogP contribution in [0.2, 0.25) is 0 Å². The molecule has 2 aromatic heterocycles. The molecule has 6 nitrogen and oxygen atoms in total. The number of aryl methyl sites for hydroxylation is 1. The normalized spacial score (nSPS) is 14.3. The SMILES string of the molecule is Cc1cc(COC(=O)c2cc(-c3ccccc3)c(N3CCOCC3)s2)no1. The highest BCUT2D eigenvalue weighted by atomic mass is 32.1. The zero-order valence-corrected chi connectivity index (χ0v) is 15.8. The van der Waals surface area contributed by atoms with Gasteiger partial charge in [0.1, 0.15) is 22.9 Å². The minimum Gasteiger partial charge on any atom is -0.455 e. The molecule has 1 aliphatic heterocycles. The van der Waals surface area contributed by atoms with Crippen LogP contribution in [0.15, 0.2) is 47.0 Å². The van der Waals surface area contributed by atoms with Crippen molar-refractivity contribution >= 4 is 22.3 Å². The van der Waals surface area contributed by atoms with Crippen molar-refractivity contribution in [2.24, 2.45) is 0 Å². The summed E-state index contributed by atoms with van der Waals surface area (Å²) in [6, 6.07) is 13.8. The summed E-state index contributed by atoms with van der Waals surface area (Å²) in [6.07, 6.45) is 0. The van der Waals surface area contributed by atoms with Gasteiger partial charge >= 0.3 is 5.97 Å². The fraction of sp³-hybridized carbons (Fsp3) is 0.300. The van der Waals surface area contributed by atoms with Gasteiger partial charge in [-0.1, -0.05) is 35.5 Å². The Hall–Kier alpha value is -2.64. The molecule has 1 aromatic carbocycles.